The number of amides is 1. The third-order valence-electron chi connectivity index (χ3n) is 4.47. The van der Waals surface area contributed by atoms with Crippen LogP contribution < -0.4 is 10.2 Å². The first-order valence-electron chi connectivity index (χ1n) is 8.42. The number of carbonyl (C=O) groups excluding carboxylic acids is 1. The van der Waals surface area contributed by atoms with E-state index in [0.29, 0.717) is 16.4 Å². The van der Waals surface area contributed by atoms with Gasteiger partial charge in [0, 0.05) is 13.1 Å². The van der Waals surface area contributed by atoms with Gasteiger partial charge in [-0.05, 0) is 41.8 Å². The van der Waals surface area contributed by atoms with E-state index in [-0.39, 0.29) is 5.91 Å². The summed E-state index contributed by atoms with van der Waals surface area (Å²) < 4.78 is 0. The molecule has 2 aromatic carbocycles. The van der Waals surface area contributed by atoms with Gasteiger partial charge in [0.15, 0.2) is 11.6 Å². The molecule has 0 aliphatic carbocycles. The van der Waals surface area contributed by atoms with Crippen LogP contribution in [0, 0.1) is 0 Å². The predicted octanol–water partition coefficient (Wildman–Crippen LogP) is 3.95. The van der Waals surface area contributed by atoms with Crippen molar-refractivity contribution < 1.29 is 4.79 Å². The Labute approximate surface area is 156 Å². The summed E-state index contributed by atoms with van der Waals surface area (Å²) in [5, 5.41) is 11.5. The van der Waals surface area contributed by atoms with Gasteiger partial charge >= 0.3 is 0 Å². The zero-order chi connectivity index (χ0) is 17.9. The summed E-state index contributed by atoms with van der Waals surface area (Å²) in [6, 6.07) is 19.0. The van der Waals surface area contributed by atoms with Crippen LogP contribution in [0.3, 0.4) is 0 Å². The van der Waals surface area contributed by atoms with Crippen LogP contribution >= 0.6 is 11.6 Å². The summed E-state index contributed by atoms with van der Waals surface area (Å²) in [6.07, 6.45) is 0.989. The number of anilines is 2. The van der Waals surface area contributed by atoms with E-state index in [1.54, 1.807) is 30.3 Å². The lowest BCUT2D eigenvalue weighted by Gasteiger charge is -2.29. The Balaban J connectivity index is 1.46. The molecule has 1 aliphatic heterocycles. The van der Waals surface area contributed by atoms with Gasteiger partial charge in [-0.1, -0.05) is 48.0 Å². The third kappa shape index (κ3) is 3.39. The normalized spacial score (nSPS) is 13.2. The molecule has 3 aromatic rings. The molecule has 0 saturated carbocycles. The zero-order valence-electron chi connectivity index (χ0n) is 14.0. The number of hydrogen-bond acceptors (Lipinski definition) is 4. The van der Waals surface area contributed by atoms with Gasteiger partial charge < -0.3 is 10.2 Å². The monoisotopic (exact) mass is 364 g/mol. The first kappa shape index (κ1) is 16.5. The molecule has 6 heteroatoms. The number of aromatic nitrogens is 2. The Morgan fingerprint density at radius 1 is 0.962 bits per heavy atom. The lowest BCUT2D eigenvalue weighted by atomic mass is 10.00. The molecule has 0 atom stereocenters. The van der Waals surface area contributed by atoms with E-state index in [0.717, 1.165) is 25.3 Å². The molecule has 0 spiro atoms. The maximum Gasteiger partial charge on any atom is 0.258 e. The molecule has 5 nitrogen and oxygen atoms in total. The summed E-state index contributed by atoms with van der Waals surface area (Å²) in [5.74, 6) is 0.899. The van der Waals surface area contributed by atoms with Gasteiger partial charge in [0.25, 0.3) is 5.91 Å². The fourth-order valence-electron chi connectivity index (χ4n) is 3.08. The highest BCUT2D eigenvalue weighted by atomic mass is 35.5. The molecule has 0 fully saturated rings. The minimum absolute atomic E-state index is 0.301. The lowest BCUT2D eigenvalue weighted by molar-refractivity contribution is 0.102. The molecule has 0 radical (unpaired) electrons. The van der Waals surface area contributed by atoms with Crippen LogP contribution in [0.1, 0.15) is 21.5 Å². The van der Waals surface area contributed by atoms with Crippen LogP contribution in [-0.2, 0) is 13.0 Å². The number of nitrogens with one attached hydrogen (secondary N) is 1. The number of rotatable bonds is 3. The highest BCUT2D eigenvalue weighted by molar-refractivity contribution is 6.34. The molecule has 1 aliphatic rings. The van der Waals surface area contributed by atoms with E-state index < -0.39 is 0 Å². The quantitative estimate of drug-likeness (QED) is 0.764. The number of carbonyl (C=O) groups is 1. The maximum atomic E-state index is 12.3. The molecule has 0 unspecified atom stereocenters. The first-order valence-corrected chi connectivity index (χ1v) is 8.80. The maximum absolute atomic E-state index is 12.3. The van der Waals surface area contributed by atoms with Crippen molar-refractivity contribution in [1.82, 2.24) is 10.2 Å². The smallest absolute Gasteiger partial charge is 0.258 e. The Bertz CT molecular complexity index is 943. The molecule has 1 amide bonds. The molecule has 4 rings (SSSR count). The Morgan fingerprint density at radius 2 is 1.73 bits per heavy atom. The summed E-state index contributed by atoms with van der Waals surface area (Å²) in [4.78, 5) is 14.5. The van der Waals surface area contributed by atoms with Gasteiger partial charge in [-0.25, -0.2) is 0 Å². The van der Waals surface area contributed by atoms with Crippen molar-refractivity contribution in [3.8, 4) is 0 Å². The van der Waals surface area contributed by atoms with E-state index >= 15 is 0 Å². The SMILES string of the molecule is O=C(Nc1ccc(N2CCc3ccccc3C2)nn1)c1ccccc1Cl. The number of halogens is 1. The molecule has 1 aromatic heterocycles. The summed E-state index contributed by atoms with van der Waals surface area (Å²) >= 11 is 6.05. The van der Waals surface area contributed by atoms with Crippen LogP contribution in [0.4, 0.5) is 11.6 Å². The number of nitrogens with zero attached hydrogens (tertiary/aromatic N) is 3. The molecular formula is C20H17ClN4O. The van der Waals surface area contributed by atoms with Gasteiger partial charge in [0.2, 0.25) is 0 Å². The molecule has 0 bridgehead atoms. The van der Waals surface area contributed by atoms with Crippen molar-refractivity contribution in [1.29, 1.82) is 0 Å². The standard InChI is InChI=1S/C20H17ClN4O/c21-17-8-4-3-7-16(17)20(26)22-18-9-10-19(24-23-18)25-12-11-14-5-1-2-6-15(14)13-25/h1-10H,11-13H2,(H,22,23,26). The zero-order valence-corrected chi connectivity index (χ0v) is 14.8. The second kappa shape index (κ2) is 7.14. The second-order valence-corrected chi connectivity index (χ2v) is 6.56. The average molecular weight is 365 g/mol. The van der Waals surface area contributed by atoms with Gasteiger partial charge in [0.05, 0.1) is 10.6 Å². The van der Waals surface area contributed by atoms with Gasteiger partial charge in [-0.15, -0.1) is 10.2 Å². The van der Waals surface area contributed by atoms with Crippen molar-refractivity contribution in [2.75, 3.05) is 16.8 Å². The van der Waals surface area contributed by atoms with Crippen molar-refractivity contribution in [2.24, 2.45) is 0 Å². The number of benzene rings is 2. The molecule has 130 valence electrons. The average Bonchev–Trinajstić information content (AvgIpc) is 2.68. The van der Waals surface area contributed by atoms with Crippen LogP contribution in [-0.4, -0.2) is 22.6 Å². The van der Waals surface area contributed by atoms with Gasteiger partial charge in [0.1, 0.15) is 0 Å². The van der Waals surface area contributed by atoms with E-state index in [2.05, 4.69) is 44.7 Å². The van der Waals surface area contributed by atoms with Crippen molar-refractivity contribution in [3.05, 3.63) is 82.4 Å². The van der Waals surface area contributed by atoms with Crippen LogP contribution in [0.25, 0.3) is 0 Å². The molecule has 1 N–H and O–H groups in total. The molecule has 0 saturated heterocycles. The van der Waals surface area contributed by atoms with Crippen LogP contribution in [0.15, 0.2) is 60.7 Å². The van der Waals surface area contributed by atoms with Crippen LogP contribution in [0.2, 0.25) is 5.02 Å². The minimum Gasteiger partial charge on any atom is -0.350 e. The number of hydrogen-bond donors (Lipinski definition) is 1. The van der Waals surface area contributed by atoms with Gasteiger partial charge in [-0.2, -0.15) is 0 Å². The number of fused-ring (bicyclic) bond motifs is 1. The fraction of sp³-hybridized carbons (Fsp3) is 0.150. The third-order valence-corrected chi connectivity index (χ3v) is 4.79. The second-order valence-electron chi connectivity index (χ2n) is 6.15. The predicted molar refractivity (Wildman–Crippen MR) is 103 cm³/mol. The summed E-state index contributed by atoms with van der Waals surface area (Å²) in [5.41, 5.74) is 3.12. The largest absolute Gasteiger partial charge is 0.350 e. The Morgan fingerprint density at radius 3 is 2.50 bits per heavy atom. The highest BCUT2D eigenvalue weighted by Crippen LogP contribution is 2.23. The summed E-state index contributed by atoms with van der Waals surface area (Å²) in [7, 11) is 0. The van der Waals surface area contributed by atoms with E-state index in [1.807, 2.05) is 6.07 Å². The van der Waals surface area contributed by atoms with E-state index in [1.165, 1.54) is 11.1 Å². The minimum atomic E-state index is -0.301. The van der Waals surface area contributed by atoms with E-state index in [9.17, 15) is 4.79 Å². The Hall–Kier alpha value is -2.92. The van der Waals surface area contributed by atoms with Crippen LogP contribution in [0.5, 0.6) is 0 Å². The van der Waals surface area contributed by atoms with Gasteiger partial charge in [-0.3, -0.25) is 4.79 Å². The molecule has 2 heterocycles. The molecular weight excluding hydrogens is 348 g/mol. The summed E-state index contributed by atoms with van der Waals surface area (Å²) in [6.45, 7) is 1.72. The topological polar surface area (TPSA) is 58.1 Å². The first-order chi connectivity index (χ1) is 12.7. The van der Waals surface area contributed by atoms with Crippen molar-refractivity contribution in [3.63, 3.8) is 0 Å². The fourth-order valence-corrected chi connectivity index (χ4v) is 3.30. The van der Waals surface area contributed by atoms with Crippen molar-refractivity contribution in [2.45, 2.75) is 13.0 Å². The lowest BCUT2D eigenvalue weighted by Crippen LogP contribution is -2.31. The molecule has 26 heavy (non-hydrogen) atoms. The van der Waals surface area contributed by atoms with Crippen molar-refractivity contribution >= 4 is 29.1 Å². The Kier molecular flexibility index (Phi) is 4.54. The highest BCUT2D eigenvalue weighted by Gasteiger charge is 2.17. The van der Waals surface area contributed by atoms with E-state index in [4.69, 9.17) is 11.6 Å².